The number of hydrogen-bond donors (Lipinski definition) is 0. The predicted octanol–water partition coefficient (Wildman–Crippen LogP) is 11.3. The molecular weight excluding hydrogens is 441 g/mol. The Morgan fingerprint density at radius 1 is 0.400 bits per heavy atom. The summed E-state index contributed by atoms with van der Waals surface area (Å²) in [4.78, 5) is 0. The SMILES string of the molecule is CCCCCCCC[S+](CCCCCCC)CCCCCCC.F[P-](F)(F)(F)(F)F. The molecule has 0 bridgehead atoms. The first-order valence-electron chi connectivity index (χ1n) is 12.0. The van der Waals surface area contributed by atoms with Crippen LogP contribution in [0.1, 0.15) is 124 Å². The van der Waals surface area contributed by atoms with Gasteiger partial charge in [-0.25, -0.2) is 0 Å². The molecule has 0 unspecified atom stereocenters. The zero-order chi connectivity index (χ0) is 23.4. The zero-order valence-corrected chi connectivity index (χ0v) is 21.3. The number of hydrogen-bond acceptors (Lipinski definition) is 0. The van der Waals surface area contributed by atoms with Crippen molar-refractivity contribution in [2.45, 2.75) is 124 Å². The van der Waals surface area contributed by atoms with Gasteiger partial charge < -0.3 is 0 Å². The molecule has 0 rings (SSSR count). The van der Waals surface area contributed by atoms with E-state index in [0.717, 1.165) is 10.9 Å². The van der Waals surface area contributed by atoms with Crippen LogP contribution in [0.25, 0.3) is 0 Å². The van der Waals surface area contributed by atoms with Gasteiger partial charge in [-0.15, -0.1) is 0 Å². The Kier molecular flexibility index (Phi) is 18.3. The van der Waals surface area contributed by atoms with Crippen LogP contribution in [-0.4, -0.2) is 17.3 Å². The molecule has 0 radical (unpaired) electrons. The molecule has 0 heterocycles. The Hall–Kier alpha value is 0.360. The van der Waals surface area contributed by atoms with Crippen molar-refractivity contribution in [1.29, 1.82) is 0 Å². The van der Waals surface area contributed by atoms with Gasteiger partial charge in [0.05, 0.1) is 0 Å². The Morgan fingerprint density at radius 3 is 0.833 bits per heavy atom. The third-order valence-electron chi connectivity index (χ3n) is 4.86. The van der Waals surface area contributed by atoms with Crippen molar-refractivity contribution in [1.82, 2.24) is 0 Å². The van der Waals surface area contributed by atoms with Gasteiger partial charge in [0.1, 0.15) is 17.3 Å². The Bertz CT molecular complexity index is 346. The van der Waals surface area contributed by atoms with Crippen molar-refractivity contribution in [3.8, 4) is 0 Å². The molecule has 0 aromatic rings. The fourth-order valence-corrected chi connectivity index (χ4v) is 5.66. The summed E-state index contributed by atoms with van der Waals surface area (Å²) >= 11 is 0. The van der Waals surface area contributed by atoms with E-state index < -0.39 is 7.81 Å². The van der Waals surface area contributed by atoms with E-state index in [4.69, 9.17) is 0 Å². The molecule has 0 spiro atoms. The molecule has 0 aliphatic carbocycles. The van der Waals surface area contributed by atoms with Crippen molar-refractivity contribution in [2.75, 3.05) is 17.3 Å². The summed E-state index contributed by atoms with van der Waals surface area (Å²) in [6.45, 7) is 6.95. The fourth-order valence-electron chi connectivity index (χ4n) is 3.21. The van der Waals surface area contributed by atoms with E-state index in [1.165, 1.54) is 103 Å². The molecule has 0 aromatic heterocycles. The minimum atomic E-state index is -10.7. The van der Waals surface area contributed by atoms with Crippen LogP contribution in [0.15, 0.2) is 0 Å². The molecule has 0 amide bonds. The molecule has 0 fully saturated rings. The van der Waals surface area contributed by atoms with Crippen LogP contribution in [0.3, 0.4) is 0 Å². The molecular formula is C22H47F6PS. The molecule has 0 nitrogen and oxygen atoms in total. The summed E-state index contributed by atoms with van der Waals surface area (Å²) < 4.78 is 59.2. The average Bonchev–Trinajstić information content (AvgIpc) is 2.61. The van der Waals surface area contributed by atoms with E-state index in [9.17, 15) is 25.2 Å². The second-order valence-corrected chi connectivity index (χ2v) is 12.6. The molecule has 0 aliphatic rings. The second kappa shape index (κ2) is 16.9. The van der Waals surface area contributed by atoms with Gasteiger partial charge in [-0.05, 0) is 49.4 Å². The first-order valence-corrected chi connectivity index (χ1v) is 15.8. The Balaban J connectivity index is 0. The van der Waals surface area contributed by atoms with Crippen molar-refractivity contribution in [3.63, 3.8) is 0 Å². The summed E-state index contributed by atoms with van der Waals surface area (Å²) in [6.07, 6.45) is 23.4. The molecule has 8 heteroatoms. The van der Waals surface area contributed by atoms with Crippen LogP contribution in [0.2, 0.25) is 0 Å². The van der Waals surface area contributed by atoms with Gasteiger partial charge in [-0.1, -0.05) is 85.0 Å². The monoisotopic (exact) mass is 488 g/mol. The number of rotatable bonds is 19. The zero-order valence-electron chi connectivity index (χ0n) is 19.6. The van der Waals surface area contributed by atoms with Gasteiger partial charge in [0, 0.05) is 0 Å². The van der Waals surface area contributed by atoms with Crippen LogP contribution in [0.4, 0.5) is 25.2 Å². The Morgan fingerprint density at radius 2 is 0.600 bits per heavy atom. The summed E-state index contributed by atoms with van der Waals surface area (Å²) in [5.41, 5.74) is 0. The van der Waals surface area contributed by atoms with E-state index >= 15 is 0 Å². The fraction of sp³-hybridized carbons (Fsp3) is 1.00. The van der Waals surface area contributed by atoms with E-state index in [1.54, 1.807) is 17.3 Å². The van der Waals surface area contributed by atoms with Crippen LogP contribution in [0.5, 0.6) is 0 Å². The summed E-state index contributed by atoms with van der Waals surface area (Å²) in [5, 5.41) is 0. The molecule has 0 aromatic carbocycles. The first kappa shape index (κ1) is 32.5. The van der Waals surface area contributed by atoms with Gasteiger partial charge in [0.15, 0.2) is 0 Å². The van der Waals surface area contributed by atoms with E-state index in [1.807, 2.05) is 0 Å². The third-order valence-corrected chi connectivity index (χ3v) is 7.46. The van der Waals surface area contributed by atoms with Crippen LogP contribution in [-0.2, 0) is 10.9 Å². The van der Waals surface area contributed by atoms with Gasteiger partial charge in [-0.2, -0.15) is 0 Å². The van der Waals surface area contributed by atoms with Crippen molar-refractivity contribution in [2.24, 2.45) is 0 Å². The Labute approximate surface area is 184 Å². The number of unbranched alkanes of at least 4 members (excludes halogenated alkanes) is 13. The van der Waals surface area contributed by atoms with Gasteiger partial charge >= 0.3 is 33.0 Å². The second-order valence-electron chi connectivity index (χ2n) is 8.28. The number of halogens is 6. The normalized spacial score (nSPS) is 14.2. The maximum absolute atomic E-state index is 10.7. The van der Waals surface area contributed by atoms with Crippen LogP contribution < -0.4 is 0 Å². The van der Waals surface area contributed by atoms with E-state index in [2.05, 4.69) is 20.8 Å². The van der Waals surface area contributed by atoms with Gasteiger partial charge in [0.25, 0.3) is 0 Å². The molecule has 188 valence electrons. The van der Waals surface area contributed by atoms with Crippen LogP contribution >= 0.6 is 7.81 Å². The quantitative estimate of drug-likeness (QED) is 0.0734. The molecule has 0 aliphatic heterocycles. The van der Waals surface area contributed by atoms with Crippen molar-refractivity contribution < 1.29 is 25.2 Å². The maximum atomic E-state index is 9.87. The third kappa shape index (κ3) is 42.5. The minimum absolute atomic E-state index is 0.757. The average molecular weight is 489 g/mol. The summed E-state index contributed by atoms with van der Waals surface area (Å²) in [6, 6.07) is 0. The van der Waals surface area contributed by atoms with Gasteiger partial charge in [-0.3, -0.25) is 0 Å². The van der Waals surface area contributed by atoms with Gasteiger partial charge in [0.2, 0.25) is 0 Å². The molecule has 0 N–H and O–H groups in total. The molecule has 30 heavy (non-hydrogen) atoms. The van der Waals surface area contributed by atoms with Crippen LogP contribution in [0, 0.1) is 0 Å². The standard InChI is InChI=1S/C22H47S.F6P/c1-4-7-10-13-16-19-22-23(20-17-14-11-8-5-2)21-18-15-12-9-6-3;1-7(2,3,4,5)6/h4-22H2,1-3H3;/q+1;-1. The molecule has 0 saturated heterocycles. The summed E-state index contributed by atoms with van der Waals surface area (Å²) in [7, 11) is -9.90. The first-order chi connectivity index (χ1) is 13.8. The molecule has 0 atom stereocenters. The predicted molar refractivity (Wildman–Crippen MR) is 126 cm³/mol. The van der Waals surface area contributed by atoms with E-state index in [-0.39, 0.29) is 0 Å². The van der Waals surface area contributed by atoms with Crippen molar-refractivity contribution in [3.05, 3.63) is 0 Å². The molecule has 0 saturated carbocycles. The van der Waals surface area contributed by atoms with E-state index in [0.29, 0.717) is 0 Å². The topological polar surface area (TPSA) is 0 Å². The summed E-state index contributed by atoms with van der Waals surface area (Å²) in [5.74, 6) is 4.65. The van der Waals surface area contributed by atoms with Crippen molar-refractivity contribution >= 4 is 18.7 Å².